The molecule has 8 heteroatoms. The molecule has 0 bridgehead atoms. The minimum Gasteiger partial charge on any atom is -0.481 e. The highest BCUT2D eigenvalue weighted by molar-refractivity contribution is 7.99. The molecule has 24 heavy (non-hydrogen) atoms. The van der Waals surface area contributed by atoms with E-state index >= 15 is 0 Å². The lowest BCUT2D eigenvalue weighted by Gasteiger charge is -2.34. The summed E-state index contributed by atoms with van der Waals surface area (Å²) in [7, 11) is 0. The predicted octanol–water partition coefficient (Wildman–Crippen LogP) is 2.76. The first-order valence-electron chi connectivity index (χ1n) is 7.47. The smallest absolute Gasteiger partial charge is 0.305 e. The third-order valence-electron chi connectivity index (χ3n) is 3.86. The van der Waals surface area contributed by atoms with E-state index in [-0.39, 0.29) is 18.4 Å². The molecule has 6 nitrogen and oxygen atoms in total. The maximum absolute atomic E-state index is 12.7. The Labute approximate surface area is 148 Å². The minimum absolute atomic E-state index is 0.0513. The summed E-state index contributed by atoms with van der Waals surface area (Å²) >= 11 is 7.82. The summed E-state index contributed by atoms with van der Waals surface area (Å²) in [6.45, 7) is 0.530. The molecule has 1 aromatic heterocycles. The van der Waals surface area contributed by atoms with Gasteiger partial charge in [0.1, 0.15) is 5.69 Å². The second-order valence-corrected chi connectivity index (χ2v) is 7.03. The Morgan fingerprint density at radius 2 is 2.21 bits per heavy atom. The number of aromatic nitrogens is 2. The van der Waals surface area contributed by atoms with Gasteiger partial charge in [0.2, 0.25) is 0 Å². The lowest BCUT2D eigenvalue weighted by Crippen LogP contribution is -2.47. The molecular formula is C16H16ClN3O3S. The number of halogens is 1. The van der Waals surface area contributed by atoms with Crippen LogP contribution in [0, 0.1) is 0 Å². The monoisotopic (exact) mass is 365 g/mol. The van der Waals surface area contributed by atoms with Crippen molar-refractivity contribution in [2.24, 2.45) is 0 Å². The van der Waals surface area contributed by atoms with Crippen molar-refractivity contribution in [1.29, 1.82) is 0 Å². The van der Waals surface area contributed by atoms with Gasteiger partial charge in [-0.2, -0.15) is 16.9 Å². The zero-order valence-electron chi connectivity index (χ0n) is 12.7. The summed E-state index contributed by atoms with van der Waals surface area (Å²) in [5.41, 5.74) is 1.67. The Kier molecular flexibility index (Phi) is 5.11. The molecule has 3 rings (SSSR count). The van der Waals surface area contributed by atoms with Gasteiger partial charge in [-0.3, -0.25) is 14.7 Å². The van der Waals surface area contributed by atoms with Gasteiger partial charge in [0.05, 0.1) is 23.2 Å². The van der Waals surface area contributed by atoms with Crippen molar-refractivity contribution in [3.05, 3.63) is 41.0 Å². The van der Waals surface area contributed by atoms with Gasteiger partial charge in [-0.1, -0.05) is 29.8 Å². The fraction of sp³-hybridized carbons (Fsp3) is 0.312. The number of rotatable bonds is 4. The van der Waals surface area contributed by atoms with Crippen molar-refractivity contribution in [3.8, 4) is 11.3 Å². The third kappa shape index (κ3) is 3.57. The molecule has 1 aromatic carbocycles. The lowest BCUT2D eigenvalue weighted by atomic mass is 10.1. The second kappa shape index (κ2) is 7.27. The topological polar surface area (TPSA) is 86.3 Å². The van der Waals surface area contributed by atoms with Crippen LogP contribution in [0.3, 0.4) is 0 Å². The van der Waals surface area contributed by atoms with Crippen LogP contribution in [0.25, 0.3) is 11.3 Å². The summed E-state index contributed by atoms with van der Waals surface area (Å²) in [5.74, 6) is 0.297. The van der Waals surface area contributed by atoms with Crippen molar-refractivity contribution in [1.82, 2.24) is 15.1 Å². The van der Waals surface area contributed by atoms with Crippen LogP contribution >= 0.6 is 23.4 Å². The first-order valence-corrected chi connectivity index (χ1v) is 9.00. The van der Waals surface area contributed by atoms with E-state index in [1.165, 1.54) is 0 Å². The van der Waals surface area contributed by atoms with E-state index in [4.69, 9.17) is 16.7 Å². The molecule has 1 atom stereocenters. The number of carbonyl (C=O) groups excluding carboxylic acids is 1. The number of benzene rings is 1. The highest BCUT2D eigenvalue weighted by Gasteiger charge is 2.30. The molecule has 1 fully saturated rings. The van der Waals surface area contributed by atoms with E-state index in [1.54, 1.807) is 28.8 Å². The fourth-order valence-electron chi connectivity index (χ4n) is 2.69. The zero-order chi connectivity index (χ0) is 17.1. The van der Waals surface area contributed by atoms with Gasteiger partial charge in [-0.25, -0.2) is 0 Å². The molecule has 1 aliphatic rings. The molecule has 0 saturated carbocycles. The maximum Gasteiger partial charge on any atom is 0.305 e. The summed E-state index contributed by atoms with van der Waals surface area (Å²) in [6, 6.07) is 8.62. The molecule has 2 aromatic rings. The second-order valence-electron chi connectivity index (χ2n) is 5.47. The lowest BCUT2D eigenvalue weighted by molar-refractivity contribution is -0.138. The van der Waals surface area contributed by atoms with Crippen LogP contribution in [-0.2, 0) is 4.79 Å². The molecule has 1 unspecified atom stereocenters. The van der Waals surface area contributed by atoms with Gasteiger partial charge in [-0.15, -0.1) is 0 Å². The van der Waals surface area contributed by atoms with Gasteiger partial charge in [0, 0.05) is 23.6 Å². The van der Waals surface area contributed by atoms with Crippen LogP contribution in [0.15, 0.2) is 30.3 Å². The van der Waals surface area contributed by atoms with E-state index < -0.39 is 5.97 Å². The summed E-state index contributed by atoms with van der Waals surface area (Å²) in [6.07, 6.45) is -0.0513. The molecular weight excluding hydrogens is 350 g/mol. The SMILES string of the molecule is O=C(O)CC1CSCCN1C(=O)c1cc(-c2ccccc2Cl)n[nH]1. The number of aliphatic carboxylic acids is 1. The first-order chi connectivity index (χ1) is 11.6. The largest absolute Gasteiger partial charge is 0.481 e. The predicted molar refractivity (Wildman–Crippen MR) is 93.4 cm³/mol. The maximum atomic E-state index is 12.7. The van der Waals surface area contributed by atoms with E-state index in [0.29, 0.717) is 28.7 Å². The van der Waals surface area contributed by atoms with Gasteiger partial charge in [0.15, 0.2) is 0 Å². The quantitative estimate of drug-likeness (QED) is 0.870. The number of hydrogen-bond acceptors (Lipinski definition) is 4. The molecule has 2 N–H and O–H groups in total. The van der Waals surface area contributed by atoms with Gasteiger partial charge in [0.25, 0.3) is 5.91 Å². The number of carboxylic acid groups (broad SMARTS) is 1. The fourth-order valence-corrected chi connectivity index (χ4v) is 3.98. The Morgan fingerprint density at radius 3 is 2.96 bits per heavy atom. The number of aromatic amines is 1. The van der Waals surface area contributed by atoms with Crippen molar-refractivity contribution in [2.45, 2.75) is 12.5 Å². The standard InChI is InChI=1S/C16H16ClN3O3S/c17-12-4-2-1-3-11(12)13-8-14(19-18-13)16(23)20-5-6-24-9-10(20)7-15(21)22/h1-4,8,10H,5-7,9H2,(H,18,19)(H,21,22). The molecule has 126 valence electrons. The number of carboxylic acids is 1. The van der Waals surface area contributed by atoms with E-state index in [2.05, 4.69) is 10.2 Å². The third-order valence-corrected chi connectivity index (χ3v) is 5.28. The van der Waals surface area contributed by atoms with Gasteiger partial charge >= 0.3 is 5.97 Å². The van der Waals surface area contributed by atoms with Crippen LogP contribution in [0.4, 0.5) is 0 Å². The van der Waals surface area contributed by atoms with Crippen molar-refractivity contribution >= 4 is 35.2 Å². The molecule has 1 amide bonds. The molecule has 0 radical (unpaired) electrons. The minimum atomic E-state index is -0.901. The number of H-pyrrole nitrogens is 1. The highest BCUT2D eigenvalue weighted by atomic mass is 35.5. The number of carbonyl (C=O) groups is 2. The Hall–Kier alpha value is -1.99. The Bertz CT molecular complexity index is 765. The van der Waals surface area contributed by atoms with Crippen LogP contribution in [0.1, 0.15) is 16.9 Å². The van der Waals surface area contributed by atoms with Crippen LogP contribution in [0.2, 0.25) is 5.02 Å². The molecule has 1 saturated heterocycles. The summed E-state index contributed by atoms with van der Waals surface area (Å²) in [5, 5.41) is 16.5. The number of thioether (sulfide) groups is 1. The number of nitrogens with zero attached hydrogens (tertiary/aromatic N) is 2. The van der Waals surface area contributed by atoms with Crippen molar-refractivity contribution in [2.75, 3.05) is 18.1 Å². The van der Waals surface area contributed by atoms with Crippen LogP contribution in [-0.4, -0.2) is 56.2 Å². The van der Waals surface area contributed by atoms with E-state index in [9.17, 15) is 9.59 Å². The van der Waals surface area contributed by atoms with E-state index in [1.807, 2.05) is 18.2 Å². The summed E-state index contributed by atoms with van der Waals surface area (Å²) in [4.78, 5) is 25.4. The van der Waals surface area contributed by atoms with Crippen molar-refractivity contribution in [3.63, 3.8) is 0 Å². The molecule has 2 heterocycles. The normalized spacial score (nSPS) is 17.7. The van der Waals surface area contributed by atoms with Crippen molar-refractivity contribution < 1.29 is 14.7 Å². The number of amides is 1. The zero-order valence-corrected chi connectivity index (χ0v) is 14.3. The average Bonchev–Trinajstić information content (AvgIpc) is 3.04. The Balaban J connectivity index is 1.82. The van der Waals surface area contributed by atoms with E-state index in [0.717, 1.165) is 11.3 Å². The highest BCUT2D eigenvalue weighted by Crippen LogP contribution is 2.27. The molecule has 0 spiro atoms. The first kappa shape index (κ1) is 16.9. The van der Waals surface area contributed by atoms with Gasteiger partial charge in [-0.05, 0) is 12.1 Å². The number of hydrogen-bond donors (Lipinski definition) is 2. The van der Waals surface area contributed by atoms with Crippen LogP contribution < -0.4 is 0 Å². The molecule has 1 aliphatic heterocycles. The number of nitrogens with one attached hydrogen (secondary N) is 1. The average molecular weight is 366 g/mol. The van der Waals surface area contributed by atoms with Crippen LogP contribution in [0.5, 0.6) is 0 Å². The van der Waals surface area contributed by atoms with Gasteiger partial charge < -0.3 is 10.0 Å². The Morgan fingerprint density at radius 1 is 1.42 bits per heavy atom. The summed E-state index contributed by atoms with van der Waals surface area (Å²) < 4.78 is 0. The molecule has 0 aliphatic carbocycles.